The molecule has 2 amide bonds. The zero-order valence-electron chi connectivity index (χ0n) is 18.1. The zero-order chi connectivity index (χ0) is 21.3. The van der Waals surface area contributed by atoms with Crippen LogP contribution < -0.4 is 0 Å². The fraction of sp³-hybridized carbons (Fsp3) is 0.462. The second-order valence-electron chi connectivity index (χ2n) is 9.31. The Morgan fingerprint density at radius 2 is 1.32 bits per heavy atom. The molecule has 31 heavy (non-hydrogen) atoms. The molecule has 0 radical (unpaired) electrons. The van der Waals surface area contributed by atoms with Crippen LogP contribution in [0.3, 0.4) is 0 Å². The van der Waals surface area contributed by atoms with Crippen molar-refractivity contribution in [3.63, 3.8) is 0 Å². The van der Waals surface area contributed by atoms with Crippen LogP contribution in [0.15, 0.2) is 60.7 Å². The van der Waals surface area contributed by atoms with Crippen molar-refractivity contribution < 1.29 is 9.59 Å². The Labute approximate surface area is 184 Å². The Kier molecular flexibility index (Phi) is 5.63. The first kappa shape index (κ1) is 20.4. The van der Waals surface area contributed by atoms with Crippen molar-refractivity contribution in [2.45, 2.75) is 38.1 Å². The van der Waals surface area contributed by atoms with Crippen molar-refractivity contribution in [2.24, 2.45) is 5.41 Å². The van der Waals surface area contributed by atoms with Crippen LogP contribution in [0.25, 0.3) is 0 Å². The van der Waals surface area contributed by atoms with Gasteiger partial charge in [0, 0.05) is 32.6 Å². The number of likely N-dealkylation sites (tertiary alicyclic amines) is 1. The van der Waals surface area contributed by atoms with E-state index in [1.54, 1.807) is 4.90 Å². The first-order chi connectivity index (χ1) is 15.2. The molecule has 5 nitrogen and oxygen atoms in total. The van der Waals surface area contributed by atoms with E-state index in [1.165, 1.54) is 11.1 Å². The molecule has 0 N–H and O–H groups in total. The first-order valence-corrected chi connectivity index (χ1v) is 11.6. The van der Waals surface area contributed by atoms with Crippen LogP contribution in [0.5, 0.6) is 0 Å². The normalized spacial score (nSPS) is 22.2. The average Bonchev–Trinajstić information content (AvgIpc) is 3.37. The molecule has 2 aromatic carbocycles. The molecule has 3 fully saturated rings. The molecule has 2 aromatic rings. The number of piperazine rings is 1. The largest absolute Gasteiger partial charge is 0.290 e. The van der Waals surface area contributed by atoms with Crippen LogP contribution in [0, 0.1) is 5.41 Å². The molecule has 5 heteroatoms. The summed E-state index contributed by atoms with van der Waals surface area (Å²) >= 11 is 0. The van der Waals surface area contributed by atoms with E-state index in [4.69, 9.17) is 0 Å². The van der Waals surface area contributed by atoms with Crippen molar-refractivity contribution in [3.8, 4) is 0 Å². The summed E-state index contributed by atoms with van der Waals surface area (Å²) in [5.41, 5.74) is 2.23. The van der Waals surface area contributed by atoms with Gasteiger partial charge in [-0.15, -0.1) is 0 Å². The van der Waals surface area contributed by atoms with Gasteiger partial charge >= 0.3 is 0 Å². The maximum atomic E-state index is 13.0. The molecular weight excluding hydrogens is 386 g/mol. The number of rotatable bonds is 5. The fourth-order valence-corrected chi connectivity index (χ4v) is 5.69. The SMILES string of the molecule is O=C1CC2(CCCC2)C(=O)N1CN1CCN(C(c2ccccc2)c2ccccc2)CC1. The molecule has 162 valence electrons. The number of hydrogen-bond acceptors (Lipinski definition) is 4. The molecule has 0 unspecified atom stereocenters. The predicted molar refractivity (Wildman–Crippen MR) is 120 cm³/mol. The summed E-state index contributed by atoms with van der Waals surface area (Å²) in [7, 11) is 0. The van der Waals surface area contributed by atoms with Gasteiger partial charge in [-0.1, -0.05) is 73.5 Å². The molecular formula is C26H31N3O2. The highest BCUT2D eigenvalue weighted by molar-refractivity contribution is 6.06. The highest BCUT2D eigenvalue weighted by atomic mass is 16.2. The highest BCUT2D eigenvalue weighted by Crippen LogP contribution is 2.46. The van der Waals surface area contributed by atoms with Crippen molar-refractivity contribution in [1.82, 2.24) is 14.7 Å². The molecule has 0 aromatic heterocycles. The summed E-state index contributed by atoms with van der Waals surface area (Å²) in [5, 5.41) is 0. The highest BCUT2D eigenvalue weighted by Gasteiger charge is 2.52. The van der Waals surface area contributed by atoms with Gasteiger partial charge in [0.2, 0.25) is 11.8 Å². The summed E-state index contributed by atoms with van der Waals surface area (Å²) in [6, 6.07) is 21.6. The number of amides is 2. The topological polar surface area (TPSA) is 43.9 Å². The van der Waals surface area contributed by atoms with Crippen LogP contribution in [0.2, 0.25) is 0 Å². The Balaban J connectivity index is 1.26. The number of benzene rings is 2. The summed E-state index contributed by atoms with van der Waals surface area (Å²) in [6.07, 6.45) is 4.35. The molecule has 1 saturated carbocycles. The lowest BCUT2D eigenvalue weighted by Gasteiger charge is -2.40. The zero-order valence-corrected chi connectivity index (χ0v) is 18.1. The number of nitrogens with zero attached hydrogens (tertiary/aromatic N) is 3. The molecule has 1 aliphatic carbocycles. The summed E-state index contributed by atoms with van der Waals surface area (Å²) in [4.78, 5) is 32.0. The van der Waals surface area contributed by atoms with Gasteiger partial charge in [-0.25, -0.2) is 0 Å². The van der Waals surface area contributed by atoms with Gasteiger partial charge in [0.1, 0.15) is 0 Å². The Bertz CT molecular complexity index is 877. The lowest BCUT2D eigenvalue weighted by atomic mass is 9.85. The van der Waals surface area contributed by atoms with Crippen LogP contribution in [-0.2, 0) is 9.59 Å². The van der Waals surface area contributed by atoms with Crippen molar-refractivity contribution in [2.75, 3.05) is 32.8 Å². The third-order valence-electron chi connectivity index (χ3n) is 7.39. The maximum absolute atomic E-state index is 13.0. The van der Waals surface area contributed by atoms with Gasteiger partial charge in [0.05, 0.1) is 18.1 Å². The third kappa shape index (κ3) is 3.92. The smallest absolute Gasteiger partial charge is 0.237 e. The number of imide groups is 1. The minimum absolute atomic E-state index is 0.0285. The maximum Gasteiger partial charge on any atom is 0.237 e. The van der Waals surface area contributed by atoms with E-state index >= 15 is 0 Å². The van der Waals surface area contributed by atoms with E-state index in [1.807, 2.05) is 0 Å². The summed E-state index contributed by atoms with van der Waals surface area (Å²) < 4.78 is 0. The van der Waals surface area contributed by atoms with Gasteiger partial charge in [0.15, 0.2) is 0 Å². The summed E-state index contributed by atoms with van der Waals surface area (Å²) in [5.74, 6) is 0.115. The van der Waals surface area contributed by atoms with Crippen molar-refractivity contribution in [1.29, 1.82) is 0 Å². The predicted octanol–water partition coefficient (Wildman–Crippen LogP) is 3.67. The van der Waals surface area contributed by atoms with Crippen LogP contribution >= 0.6 is 0 Å². The lowest BCUT2D eigenvalue weighted by Crippen LogP contribution is -2.52. The van der Waals surface area contributed by atoms with Gasteiger partial charge in [-0.2, -0.15) is 0 Å². The third-order valence-corrected chi connectivity index (χ3v) is 7.39. The molecule has 0 atom stereocenters. The molecule has 2 heterocycles. The van der Waals surface area contributed by atoms with Gasteiger partial charge in [-0.05, 0) is 24.0 Å². The second kappa shape index (κ2) is 8.56. The molecule has 3 aliphatic rings. The number of hydrogen-bond donors (Lipinski definition) is 0. The van der Waals surface area contributed by atoms with E-state index < -0.39 is 0 Å². The van der Waals surface area contributed by atoms with Crippen molar-refractivity contribution in [3.05, 3.63) is 71.8 Å². The summed E-state index contributed by atoms with van der Waals surface area (Å²) in [6.45, 7) is 4.00. The van der Waals surface area contributed by atoms with Crippen LogP contribution in [0.1, 0.15) is 49.3 Å². The number of carbonyl (C=O) groups excluding carboxylic acids is 2. The minimum Gasteiger partial charge on any atom is -0.290 e. The molecule has 1 spiro atoms. The quantitative estimate of drug-likeness (QED) is 0.697. The molecule has 2 aliphatic heterocycles. The first-order valence-electron chi connectivity index (χ1n) is 11.6. The molecule has 0 bridgehead atoms. The standard InChI is InChI=1S/C26H31N3O2/c30-23-19-26(13-7-8-14-26)25(31)29(23)20-27-15-17-28(18-16-27)24(21-9-3-1-4-10-21)22-11-5-2-6-12-22/h1-6,9-12,24H,7-8,13-20H2. The van der Waals surface area contributed by atoms with E-state index in [2.05, 4.69) is 70.5 Å². The lowest BCUT2D eigenvalue weighted by molar-refractivity contribution is -0.144. The minimum atomic E-state index is -0.370. The van der Waals surface area contributed by atoms with E-state index in [9.17, 15) is 9.59 Å². The van der Waals surface area contributed by atoms with E-state index in [0.717, 1.165) is 51.9 Å². The average molecular weight is 418 g/mol. The Morgan fingerprint density at radius 3 is 1.87 bits per heavy atom. The fourth-order valence-electron chi connectivity index (χ4n) is 5.69. The van der Waals surface area contributed by atoms with Crippen LogP contribution in [0.4, 0.5) is 0 Å². The van der Waals surface area contributed by atoms with Crippen molar-refractivity contribution >= 4 is 11.8 Å². The van der Waals surface area contributed by atoms with E-state index in [0.29, 0.717) is 13.1 Å². The Morgan fingerprint density at radius 1 is 0.774 bits per heavy atom. The van der Waals surface area contributed by atoms with Gasteiger partial charge in [0.25, 0.3) is 0 Å². The van der Waals surface area contributed by atoms with Gasteiger partial charge in [-0.3, -0.25) is 24.3 Å². The number of carbonyl (C=O) groups is 2. The van der Waals surface area contributed by atoms with Gasteiger partial charge < -0.3 is 0 Å². The Hall–Kier alpha value is -2.50. The molecule has 5 rings (SSSR count). The monoisotopic (exact) mass is 417 g/mol. The second-order valence-corrected chi connectivity index (χ2v) is 9.31. The molecule has 2 saturated heterocycles. The van der Waals surface area contributed by atoms with Crippen LogP contribution in [-0.4, -0.2) is 59.4 Å². The van der Waals surface area contributed by atoms with E-state index in [-0.39, 0.29) is 23.3 Å².